The van der Waals surface area contributed by atoms with Gasteiger partial charge in [0.05, 0.1) is 0 Å². The van der Waals surface area contributed by atoms with Crippen molar-refractivity contribution in [3.05, 3.63) is 16.3 Å². The highest BCUT2D eigenvalue weighted by molar-refractivity contribution is 7.98. The van der Waals surface area contributed by atoms with Crippen molar-refractivity contribution >= 4 is 29.0 Å². The third-order valence-corrected chi connectivity index (χ3v) is 5.58. The van der Waals surface area contributed by atoms with Gasteiger partial charge in [-0.1, -0.05) is 25.7 Å². The lowest BCUT2D eigenvalue weighted by Gasteiger charge is -2.16. The zero-order valence-electron chi connectivity index (χ0n) is 12.1. The Morgan fingerprint density at radius 3 is 2.75 bits per heavy atom. The Labute approximate surface area is 129 Å². The van der Waals surface area contributed by atoms with E-state index >= 15 is 0 Å². The highest BCUT2D eigenvalue weighted by atomic mass is 32.2. The lowest BCUT2D eigenvalue weighted by atomic mass is 10.1. The van der Waals surface area contributed by atoms with Crippen LogP contribution in [-0.4, -0.2) is 31.3 Å². The van der Waals surface area contributed by atoms with Crippen LogP contribution in [0.1, 0.15) is 48.2 Å². The molecule has 1 saturated carbocycles. The van der Waals surface area contributed by atoms with E-state index in [0.29, 0.717) is 12.6 Å². The van der Waals surface area contributed by atoms with E-state index in [4.69, 9.17) is 0 Å². The minimum Gasteiger partial charge on any atom is -0.350 e. The van der Waals surface area contributed by atoms with Crippen LogP contribution in [0.5, 0.6) is 0 Å². The maximum absolute atomic E-state index is 12.0. The van der Waals surface area contributed by atoms with Crippen LogP contribution < -0.4 is 10.6 Å². The van der Waals surface area contributed by atoms with E-state index in [9.17, 15) is 4.79 Å². The SMILES string of the molecule is CSc1ccsc1C(=O)NCCNC1CCCCCC1. The quantitative estimate of drug-likeness (QED) is 0.480. The molecule has 0 aromatic carbocycles. The first-order chi connectivity index (χ1) is 9.81. The molecule has 2 N–H and O–H groups in total. The molecule has 0 bridgehead atoms. The van der Waals surface area contributed by atoms with Crippen LogP contribution in [0.3, 0.4) is 0 Å². The van der Waals surface area contributed by atoms with Crippen molar-refractivity contribution in [3.8, 4) is 0 Å². The highest BCUT2D eigenvalue weighted by Crippen LogP contribution is 2.25. The number of hydrogen-bond donors (Lipinski definition) is 2. The fraction of sp³-hybridized carbons (Fsp3) is 0.667. The van der Waals surface area contributed by atoms with E-state index in [1.165, 1.54) is 49.9 Å². The molecule has 0 atom stereocenters. The standard InChI is InChI=1S/C15H24N2OS2/c1-19-13-8-11-20-14(13)15(18)17-10-9-16-12-6-4-2-3-5-7-12/h8,11-12,16H,2-7,9-10H2,1H3,(H,17,18). The van der Waals surface area contributed by atoms with Crippen LogP contribution >= 0.6 is 23.1 Å². The Kier molecular flexibility index (Phi) is 6.90. The number of rotatable bonds is 6. The molecule has 0 aliphatic heterocycles. The summed E-state index contributed by atoms with van der Waals surface area (Å²) in [7, 11) is 0. The highest BCUT2D eigenvalue weighted by Gasteiger charge is 2.13. The van der Waals surface area contributed by atoms with Gasteiger partial charge in [0.15, 0.2) is 0 Å². The average Bonchev–Trinajstić information content (AvgIpc) is 2.80. The minimum atomic E-state index is 0.0621. The van der Waals surface area contributed by atoms with Crippen molar-refractivity contribution in [2.75, 3.05) is 19.3 Å². The predicted molar refractivity (Wildman–Crippen MR) is 87.9 cm³/mol. The monoisotopic (exact) mass is 312 g/mol. The molecule has 2 rings (SSSR count). The van der Waals surface area contributed by atoms with Crippen LogP contribution in [0.4, 0.5) is 0 Å². The molecule has 20 heavy (non-hydrogen) atoms. The Morgan fingerprint density at radius 2 is 2.05 bits per heavy atom. The number of thiophene rings is 1. The first-order valence-electron chi connectivity index (χ1n) is 7.44. The summed E-state index contributed by atoms with van der Waals surface area (Å²) in [5, 5.41) is 8.56. The third-order valence-electron chi connectivity index (χ3n) is 3.75. The van der Waals surface area contributed by atoms with Crippen molar-refractivity contribution in [1.82, 2.24) is 10.6 Å². The number of nitrogens with one attached hydrogen (secondary N) is 2. The summed E-state index contributed by atoms with van der Waals surface area (Å²) in [6.45, 7) is 1.58. The minimum absolute atomic E-state index is 0.0621. The Balaban J connectivity index is 1.66. The lowest BCUT2D eigenvalue weighted by molar-refractivity contribution is 0.0955. The third kappa shape index (κ3) is 4.79. The predicted octanol–water partition coefficient (Wildman–Crippen LogP) is 3.51. The van der Waals surface area contributed by atoms with Crippen LogP contribution in [0, 0.1) is 0 Å². The Bertz CT molecular complexity index is 412. The van der Waals surface area contributed by atoms with Crippen molar-refractivity contribution in [2.45, 2.75) is 49.5 Å². The molecule has 1 amide bonds. The van der Waals surface area contributed by atoms with Gasteiger partial charge in [-0.3, -0.25) is 4.79 Å². The second-order valence-corrected chi connectivity index (χ2v) is 6.98. The van der Waals surface area contributed by atoms with E-state index in [1.54, 1.807) is 11.8 Å². The smallest absolute Gasteiger partial charge is 0.262 e. The average molecular weight is 313 g/mol. The summed E-state index contributed by atoms with van der Waals surface area (Å²) in [4.78, 5) is 14.0. The summed E-state index contributed by atoms with van der Waals surface area (Å²) < 4.78 is 0. The van der Waals surface area contributed by atoms with E-state index in [0.717, 1.165) is 16.3 Å². The molecule has 1 heterocycles. The topological polar surface area (TPSA) is 41.1 Å². The number of carbonyl (C=O) groups is 1. The van der Waals surface area contributed by atoms with Crippen molar-refractivity contribution in [2.24, 2.45) is 0 Å². The normalized spacial score (nSPS) is 16.9. The van der Waals surface area contributed by atoms with Crippen LogP contribution in [0.15, 0.2) is 16.3 Å². The van der Waals surface area contributed by atoms with Gasteiger partial charge in [-0.05, 0) is 30.5 Å². The molecule has 1 aliphatic rings. The van der Waals surface area contributed by atoms with Gasteiger partial charge in [0.1, 0.15) is 4.88 Å². The Hall–Kier alpha value is -0.520. The lowest BCUT2D eigenvalue weighted by Crippen LogP contribution is -2.36. The first kappa shape index (κ1) is 15.9. The number of thioether (sulfide) groups is 1. The van der Waals surface area contributed by atoms with E-state index in [1.807, 2.05) is 17.7 Å². The molecule has 0 spiro atoms. The van der Waals surface area contributed by atoms with Gasteiger partial charge in [-0.2, -0.15) is 0 Å². The van der Waals surface area contributed by atoms with Crippen LogP contribution in [0.25, 0.3) is 0 Å². The molecule has 5 heteroatoms. The number of amides is 1. The van der Waals surface area contributed by atoms with Gasteiger partial charge in [-0.25, -0.2) is 0 Å². The molecule has 0 radical (unpaired) electrons. The second-order valence-electron chi connectivity index (χ2n) is 5.22. The molecule has 112 valence electrons. The molecule has 3 nitrogen and oxygen atoms in total. The van der Waals surface area contributed by atoms with Gasteiger partial charge in [0, 0.05) is 24.0 Å². The zero-order valence-corrected chi connectivity index (χ0v) is 13.7. The largest absolute Gasteiger partial charge is 0.350 e. The fourth-order valence-electron chi connectivity index (χ4n) is 2.64. The van der Waals surface area contributed by atoms with Gasteiger partial charge < -0.3 is 10.6 Å². The zero-order chi connectivity index (χ0) is 14.2. The van der Waals surface area contributed by atoms with Crippen molar-refractivity contribution in [3.63, 3.8) is 0 Å². The molecular weight excluding hydrogens is 288 g/mol. The maximum Gasteiger partial charge on any atom is 0.262 e. The number of hydrogen-bond acceptors (Lipinski definition) is 4. The van der Waals surface area contributed by atoms with Crippen LogP contribution in [-0.2, 0) is 0 Å². The van der Waals surface area contributed by atoms with Gasteiger partial charge >= 0.3 is 0 Å². The van der Waals surface area contributed by atoms with Gasteiger partial charge in [0.2, 0.25) is 0 Å². The molecule has 0 saturated heterocycles. The summed E-state index contributed by atoms with van der Waals surface area (Å²) >= 11 is 3.15. The molecule has 1 fully saturated rings. The molecule has 0 unspecified atom stereocenters. The number of carbonyl (C=O) groups excluding carboxylic acids is 1. The summed E-state index contributed by atoms with van der Waals surface area (Å²) in [5.41, 5.74) is 0. The molecular formula is C15H24N2OS2. The fourth-order valence-corrected chi connectivity index (χ4v) is 4.31. The van der Waals surface area contributed by atoms with Crippen LogP contribution in [0.2, 0.25) is 0 Å². The molecule has 1 aromatic heterocycles. The second kappa shape index (κ2) is 8.70. The molecule has 1 aromatic rings. The van der Waals surface area contributed by atoms with Gasteiger partial charge in [-0.15, -0.1) is 23.1 Å². The van der Waals surface area contributed by atoms with E-state index < -0.39 is 0 Å². The van der Waals surface area contributed by atoms with E-state index in [2.05, 4.69) is 10.6 Å². The summed E-state index contributed by atoms with van der Waals surface area (Å²) in [6, 6.07) is 2.66. The van der Waals surface area contributed by atoms with Crippen molar-refractivity contribution in [1.29, 1.82) is 0 Å². The summed E-state index contributed by atoms with van der Waals surface area (Å²) in [6.07, 6.45) is 10.0. The molecule has 1 aliphatic carbocycles. The van der Waals surface area contributed by atoms with E-state index in [-0.39, 0.29) is 5.91 Å². The van der Waals surface area contributed by atoms with Gasteiger partial charge in [0.25, 0.3) is 5.91 Å². The first-order valence-corrected chi connectivity index (χ1v) is 9.55. The summed E-state index contributed by atoms with van der Waals surface area (Å²) in [5.74, 6) is 0.0621. The Morgan fingerprint density at radius 1 is 1.30 bits per heavy atom. The van der Waals surface area contributed by atoms with Crippen molar-refractivity contribution < 1.29 is 4.79 Å². The maximum atomic E-state index is 12.0.